The van der Waals surface area contributed by atoms with Crippen LogP contribution >= 0.6 is 0 Å². The lowest BCUT2D eigenvalue weighted by Gasteiger charge is -2.27. The summed E-state index contributed by atoms with van der Waals surface area (Å²) in [5.41, 5.74) is 6.08. The van der Waals surface area contributed by atoms with Crippen LogP contribution in [-0.2, 0) is 0 Å². The van der Waals surface area contributed by atoms with Crippen LogP contribution < -0.4 is 10.6 Å². The van der Waals surface area contributed by atoms with Crippen molar-refractivity contribution in [3.63, 3.8) is 0 Å². The molecule has 2 heterocycles. The smallest absolute Gasteiger partial charge is 0.200 e. The van der Waals surface area contributed by atoms with Gasteiger partial charge in [-0.1, -0.05) is 5.16 Å². The van der Waals surface area contributed by atoms with E-state index in [0.717, 1.165) is 5.82 Å². The second-order valence-corrected chi connectivity index (χ2v) is 4.35. The average Bonchev–Trinajstić information content (AvgIpc) is 2.85. The Bertz CT molecular complexity index is 578. The highest BCUT2D eigenvalue weighted by molar-refractivity contribution is 5.80. The molecule has 0 atom stereocenters. The number of tetrazole rings is 1. The monoisotopic (exact) mass is 264 g/mol. The van der Waals surface area contributed by atoms with E-state index in [4.69, 9.17) is 10.9 Å². The summed E-state index contributed by atoms with van der Waals surface area (Å²) in [6.45, 7) is 4.67. The molecule has 0 aliphatic heterocycles. The van der Waals surface area contributed by atoms with Crippen LogP contribution in [0.15, 0.2) is 17.3 Å². The summed E-state index contributed by atoms with van der Waals surface area (Å²) in [5.74, 6) is 0.926. The molecule has 2 aromatic rings. The maximum absolute atomic E-state index is 8.57. The molecule has 3 N–H and O–H groups in total. The van der Waals surface area contributed by atoms with Crippen molar-refractivity contribution in [1.82, 2.24) is 25.3 Å². The Morgan fingerprint density at radius 1 is 1.53 bits per heavy atom. The van der Waals surface area contributed by atoms with E-state index in [0.29, 0.717) is 18.6 Å². The number of rotatable bonds is 5. The van der Waals surface area contributed by atoms with Gasteiger partial charge in [0.05, 0.1) is 0 Å². The number of hydrogen-bond acceptors (Lipinski definition) is 7. The molecule has 9 heteroatoms. The van der Waals surface area contributed by atoms with Gasteiger partial charge in [0.1, 0.15) is 5.84 Å². The lowest BCUT2D eigenvalue weighted by Crippen LogP contribution is -2.35. The molecule has 19 heavy (non-hydrogen) atoms. The number of fused-ring (bicyclic) bond motifs is 1. The molecular weight excluding hydrogens is 248 g/mol. The minimum atomic E-state index is 0.189. The van der Waals surface area contributed by atoms with Crippen LogP contribution in [0.1, 0.15) is 20.3 Å². The molecule has 2 aromatic heterocycles. The van der Waals surface area contributed by atoms with Gasteiger partial charge in [0.25, 0.3) is 0 Å². The second kappa shape index (κ2) is 5.46. The molecule has 0 saturated carbocycles. The topological polar surface area (TPSA) is 118 Å². The standard InChI is InChI=1S/C10H16N8O/c1-7(2)17(6-5-8(11)14-19)10-4-3-9-12-15-16-18(9)13-10/h3-4,7,19H,5-6H2,1-2H3,(H2,11,14). The Kier molecular flexibility index (Phi) is 3.74. The molecule has 0 aromatic carbocycles. The molecule has 0 bridgehead atoms. The number of hydrogen-bond donors (Lipinski definition) is 2. The van der Waals surface area contributed by atoms with Gasteiger partial charge in [-0.05, 0) is 36.4 Å². The van der Waals surface area contributed by atoms with Gasteiger partial charge < -0.3 is 15.8 Å². The van der Waals surface area contributed by atoms with Crippen molar-refractivity contribution in [3.8, 4) is 0 Å². The number of oxime groups is 1. The van der Waals surface area contributed by atoms with E-state index in [2.05, 4.69) is 25.8 Å². The van der Waals surface area contributed by atoms with Crippen molar-refractivity contribution < 1.29 is 5.21 Å². The fourth-order valence-corrected chi connectivity index (χ4v) is 1.72. The summed E-state index contributed by atoms with van der Waals surface area (Å²) in [4.78, 5) is 2.03. The zero-order valence-electron chi connectivity index (χ0n) is 10.8. The molecule has 0 fully saturated rings. The van der Waals surface area contributed by atoms with Crippen LogP contribution in [0.25, 0.3) is 5.65 Å². The van der Waals surface area contributed by atoms with E-state index < -0.39 is 0 Å². The number of aromatic nitrogens is 5. The quantitative estimate of drug-likeness (QED) is 0.334. The first kappa shape index (κ1) is 13.0. The van der Waals surface area contributed by atoms with E-state index in [1.807, 2.05) is 24.8 Å². The Morgan fingerprint density at radius 2 is 2.32 bits per heavy atom. The third kappa shape index (κ3) is 2.87. The molecule has 2 rings (SSSR count). The van der Waals surface area contributed by atoms with Crippen molar-refractivity contribution in [2.45, 2.75) is 26.3 Å². The van der Waals surface area contributed by atoms with Crippen LogP contribution in [0, 0.1) is 0 Å². The summed E-state index contributed by atoms with van der Waals surface area (Å²) < 4.78 is 1.37. The van der Waals surface area contributed by atoms with Crippen LogP contribution in [0.4, 0.5) is 5.82 Å². The van der Waals surface area contributed by atoms with Crippen molar-refractivity contribution in [1.29, 1.82) is 0 Å². The lowest BCUT2D eigenvalue weighted by atomic mass is 10.2. The molecule has 0 aliphatic rings. The first-order chi connectivity index (χ1) is 9.11. The predicted octanol–water partition coefficient (Wildman–Crippen LogP) is -0.129. The van der Waals surface area contributed by atoms with E-state index in [1.54, 1.807) is 6.07 Å². The zero-order chi connectivity index (χ0) is 13.8. The predicted molar refractivity (Wildman–Crippen MR) is 69.1 cm³/mol. The molecule has 0 spiro atoms. The van der Waals surface area contributed by atoms with Crippen LogP contribution in [-0.4, -0.2) is 48.9 Å². The highest BCUT2D eigenvalue weighted by atomic mass is 16.4. The summed E-state index contributed by atoms with van der Waals surface area (Å²) in [7, 11) is 0. The zero-order valence-corrected chi connectivity index (χ0v) is 10.8. The van der Waals surface area contributed by atoms with Gasteiger partial charge in [-0.3, -0.25) is 0 Å². The van der Waals surface area contributed by atoms with Crippen molar-refractivity contribution in [2.75, 3.05) is 11.4 Å². The third-order valence-electron chi connectivity index (χ3n) is 2.71. The van der Waals surface area contributed by atoms with Gasteiger partial charge in [0.2, 0.25) is 0 Å². The number of amidine groups is 1. The van der Waals surface area contributed by atoms with Crippen molar-refractivity contribution >= 4 is 17.3 Å². The Hall–Kier alpha value is -2.45. The second-order valence-electron chi connectivity index (χ2n) is 4.35. The van der Waals surface area contributed by atoms with Gasteiger partial charge >= 0.3 is 0 Å². The summed E-state index contributed by atoms with van der Waals surface area (Å²) in [5, 5.41) is 27.0. The fraction of sp³-hybridized carbons (Fsp3) is 0.500. The first-order valence-electron chi connectivity index (χ1n) is 5.90. The Balaban J connectivity index is 2.22. The maximum atomic E-state index is 8.57. The van der Waals surface area contributed by atoms with Gasteiger partial charge in [-0.25, -0.2) is 0 Å². The minimum absolute atomic E-state index is 0.189. The third-order valence-corrected chi connectivity index (χ3v) is 2.71. The van der Waals surface area contributed by atoms with Gasteiger partial charge in [-0.2, -0.15) is 0 Å². The molecule has 102 valence electrons. The molecule has 0 aliphatic carbocycles. The first-order valence-corrected chi connectivity index (χ1v) is 5.90. The van der Waals surface area contributed by atoms with Crippen molar-refractivity contribution in [3.05, 3.63) is 12.1 Å². The van der Waals surface area contributed by atoms with Crippen LogP contribution in [0.3, 0.4) is 0 Å². The summed E-state index contributed by atoms with van der Waals surface area (Å²) in [6.07, 6.45) is 0.448. The Morgan fingerprint density at radius 3 is 3.00 bits per heavy atom. The van der Waals surface area contributed by atoms with E-state index >= 15 is 0 Å². The molecule has 9 nitrogen and oxygen atoms in total. The SMILES string of the molecule is CC(C)N(CCC(N)=NO)c1ccc2nnnn2n1. The number of anilines is 1. The Labute approximate surface area is 109 Å². The minimum Gasteiger partial charge on any atom is -0.409 e. The highest BCUT2D eigenvalue weighted by Crippen LogP contribution is 2.14. The number of nitrogens with two attached hydrogens (primary N) is 1. The van der Waals surface area contributed by atoms with Gasteiger partial charge in [0, 0.05) is 19.0 Å². The van der Waals surface area contributed by atoms with Gasteiger partial charge in [0.15, 0.2) is 11.5 Å². The van der Waals surface area contributed by atoms with E-state index in [9.17, 15) is 0 Å². The van der Waals surface area contributed by atoms with Gasteiger partial charge in [-0.15, -0.1) is 14.8 Å². The summed E-state index contributed by atoms with van der Waals surface area (Å²) >= 11 is 0. The fourth-order valence-electron chi connectivity index (χ4n) is 1.72. The summed E-state index contributed by atoms with van der Waals surface area (Å²) in [6, 6.07) is 3.85. The molecule has 0 radical (unpaired) electrons. The van der Waals surface area contributed by atoms with E-state index in [1.165, 1.54) is 4.63 Å². The largest absolute Gasteiger partial charge is 0.409 e. The van der Waals surface area contributed by atoms with Crippen molar-refractivity contribution in [2.24, 2.45) is 10.9 Å². The van der Waals surface area contributed by atoms with Crippen LogP contribution in [0.2, 0.25) is 0 Å². The molecule has 0 amide bonds. The number of nitrogens with zero attached hydrogens (tertiary/aromatic N) is 7. The average molecular weight is 264 g/mol. The molecule has 0 saturated heterocycles. The van der Waals surface area contributed by atoms with Crippen LogP contribution in [0.5, 0.6) is 0 Å². The molecule has 0 unspecified atom stereocenters. The molecular formula is C10H16N8O. The maximum Gasteiger partial charge on any atom is 0.200 e. The normalized spacial score (nSPS) is 12.3. The highest BCUT2D eigenvalue weighted by Gasteiger charge is 2.14. The lowest BCUT2D eigenvalue weighted by molar-refractivity contribution is 0.317. The van der Waals surface area contributed by atoms with E-state index in [-0.39, 0.29) is 11.9 Å².